The molecule has 92 valence electrons. The topological polar surface area (TPSA) is 37.4 Å². The standard InChI is InChI=1S/C13H23NO2/c1-10(15)8-12-6-4-5-7-13(12)9-14(3)11(2)16/h12-13H,4-9H2,1-3H3/t12-,13+/m1/s1. The molecule has 0 aromatic heterocycles. The zero-order valence-corrected chi connectivity index (χ0v) is 10.7. The Bertz CT molecular complexity index is 263. The van der Waals surface area contributed by atoms with Crippen LogP contribution in [0.25, 0.3) is 0 Å². The van der Waals surface area contributed by atoms with E-state index < -0.39 is 0 Å². The number of rotatable bonds is 4. The van der Waals surface area contributed by atoms with Crippen LogP contribution >= 0.6 is 0 Å². The van der Waals surface area contributed by atoms with Gasteiger partial charge in [0.05, 0.1) is 0 Å². The van der Waals surface area contributed by atoms with E-state index in [9.17, 15) is 9.59 Å². The van der Waals surface area contributed by atoms with Gasteiger partial charge in [-0.15, -0.1) is 0 Å². The minimum absolute atomic E-state index is 0.118. The third-order valence-electron chi connectivity index (χ3n) is 3.66. The third kappa shape index (κ3) is 3.95. The van der Waals surface area contributed by atoms with Crippen LogP contribution in [0.5, 0.6) is 0 Å². The van der Waals surface area contributed by atoms with Gasteiger partial charge in [-0.05, 0) is 31.6 Å². The van der Waals surface area contributed by atoms with E-state index in [0.29, 0.717) is 18.3 Å². The minimum Gasteiger partial charge on any atom is -0.346 e. The molecule has 0 spiro atoms. The Morgan fingerprint density at radius 1 is 1.12 bits per heavy atom. The Hall–Kier alpha value is -0.860. The number of carbonyl (C=O) groups excluding carboxylic acids is 2. The van der Waals surface area contributed by atoms with Crippen molar-refractivity contribution in [2.75, 3.05) is 13.6 Å². The number of hydrogen-bond acceptors (Lipinski definition) is 2. The molecule has 1 amide bonds. The molecule has 1 saturated carbocycles. The van der Waals surface area contributed by atoms with Crippen LogP contribution in [0, 0.1) is 11.8 Å². The van der Waals surface area contributed by atoms with Gasteiger partial charge in [-0.2, -0.15) is 0 Å². The maximum Gasteiger partial charge on any atom is 0.219 e. The van der Waals surface area contributed by atoms with E-state index in [1.807, 2.05) is 7.05 Å². The van der Waals surface area contributed by atoms with E-state index in [1.165, 1.54) is 12.8 Å². The van der Waals surface area contributed by atoms with Crippen LogP contribution in [0.2, 0.25) is 0 Å². The maximum absolute atomic E-state index is 11.2. The molecule has 0 radical (unpaired) electrons. The average Bonchev–Trinajstić information content (AvgIpc) is 2.20. The fourth-order valence-electron chi connectivity index (χ4n) is 2.64. The Kier molecular flexibility index (Phi) is 4.97. The molecule has 16 heavy (non-hydrogen) atoms. The van der Waals surface area contributed by atoms with Crippen molar-refractivity contribution in [3.8, 4) is 0 Å². The average molecular weight is 225 g/mol. The molecule has 2 atom stereocenters. The van der Waals surface area contributed by atoms with Crippen LogP contribution < -0.4 is 0 Å². The van der Waals surface area contributed by atoms with E-state index in [4.69, 9.17) is 0 Å². The molecular weight excluding hydrogens is 202 g/mol. The number of Topliss-reactive ketones (excluding diaryl/α,β-unsaturated/α-hetero) is 1. The first-order valence-corrected chi connectivity index (χ1v) is 6.22. The largest absolute Gasteiger partial charge is 0.346 e. The first-order valence-electron chi connectivity index (χ1n) is 6.22. The highest BCUT2D eigenvalue weighted by Gasteiger charge is 2.27. The fraction of sp³-hybridized carbons (Fsp3) is 0.846. The Morgan fingerprint density at radius 2 is 1.69 bits per heavy atom. The van der Waals surface area contributed by atoms with Crippen molar-refractivity contribution in [1.29, 1.82) is 0 Å². The normalized spacial score (nSPS) is 25.2. The molecule has 1 rings (SSSR count). The van der Waals surface area contributed by atoms with Gasteiger partial charge in [-0.25, -0.2) is 0 Å². The van der Waals surface area contributed by atoms with E-state index in [1.54, 1.807) is 18.7 Å². The van der Waals surface area contributed by atoms with Crippen molar-refractivity contribution >= 4 is 11.7 Å². The molecule has 1 aliphatic carbocycles. The van der Waals surface area contributed by atoms with Gasteiger partial charge < -0.3 is 9.69 Å². The second kappa shape index (κ2) is 6.02. The van der Waals surface area contributed by atoms with E-state index in [-0.39, 0.29) is 11.7 Å². The van der Waals surface area contributed by atoms with Gasteiger partial charge in [0.1, 0.15) is 5.78 Å². The van der Waals surface area contributed by atoms with Crippen molar-refractivity contribution in [2.24, 2.45) is 11.8 Å². The monoisotopic (exact) mass is 225 g/mol. The lowest BCUT2D eigenvalue weighted by Gasteiger charge is -2.33. The predicted molar refractivity (Wildman–Crippen MR) is 64.1 cm³/mol. The van der Waals surface area contributed by atoms with Crippen LogP contribution in [0.4, 0.5) is 0 Å². The molecule has 0 heterocycles. The highest BCUT2D eigenvalue weighted by molar-refractivity contribution is 5.75. The molecule has 1 fully saturated rings. The van der Waals surface area contributed by atoms with Gasteiger partial charge in [0.15, 0.2) is 0 Å². The molecule has 0 aliphatic heterocycles. The summed E-state index contributed by atoms with van der Waals surface area (Å²) in [7, 11) is 1.85. The zero-order valence-electron chi connectivity index (χ0n) is 10.7. The van der Waals surface area contributed by atoms with Gasteiger partial charge in [0.2, 0.25) is 5.91 Å². The van der Waals surface area contributed by atoms with Crippen LogP contribution in [0.15, 0.2) is 0 Å². The predicted octanol–water partition coefficient (Wildman–Crippen LogP) is 2.25. The van der Waals surface area contributed by atoms with Crippen LogP contribution in [-0.4, -0.2) is 30.2 Å². The van der Waals surface area contributed by atoms with Gasteiger partial charge in [-0.3, -0.25) is 4.79 Å². The zero-order chi connectivity index (χ0) is 12.1. The van der Waals surface area contributed by atoms with Gasteiger partial charge >= 0.3 is 0 Å². The first-order chi connectivity index (χ1) is 7.50. The van der Waals surface area contributed by atoms with E-state index in [2.05, 4.69) is 0 Å². The highest BCUT2D eigenvalue weighted by Crippen LogP contribution is 2.32. The van der Waals surface area contributed by atoms with E-state index >= 15 is 0 Å². The summed E-state index contributed by atoms with van der Waals surface area (Å²) in [4.78, 5) is 24.2. The molecule has 0 N–H and O–H groups in total. The van der Waals surface area contributed by atoms with Crippen LogP contribution in [0.3, 0.4) is 0 Å². The summed E-state index contributed by atoms with van der Waals surface area (Å²) in [6.07, 6.45) is 5.48. The quantitative estimate of drug-likeness (QED) is 0.736. The lowest BCUT2D eigenvalue weighted by Crippen LogP contribution is -2.35. The molecule has 0 aromatic rings. The summed E-state index contributed by atoms with van der Waals surface area (Å²) in [6, 6.07) is 0. The van der Waals surface area contributed by atoms with Gasteiger partial charge in [-0.1, -0.05) is 12.8 Å². The molecule has 1 aliphatic rings. The highest BCUT2D eigenvalue weighted by atomic mass is 16.2. The van der Waals surface area contributed by atoms with Gasteiger partial charge in [0.25, 0.3) is 0 Å². The lowest BCUT2D eigenvalue weighted by atomic mass is 9.76. The van der Waals surface area contributed by atoms with Crippen molar-refractivity contribution in [2.45, 2.75) is 46.0 Å². The Labute approximate surface area is 98.2 Å². The molecule has 0 aromatic carbocycles. The van der Waals surface area contributed by atoms with Crippen LogP contribution in [-0.2, 0) is 9.59 Å². The van der Waals surface area contributed by atoms with Crippen LogP contribution in [0.1, 0.15) is 46.0 Å². The van der Waals surface area contributed by atoms with Crippen molar-refractivity contribution in [1.82, 2.24) is 4.90 Å². The van der Waals surface area contributed by atoms with Gasteiger partial charge in [0, 0.05) is 26.9 Å². The number of nitrogens with zero attached hydrogens (tertiary/aromatic N) is 1. The lowest BCUT2D eigenvalue weighted by molar-refractivity contribution is -0.128. The summed E-state index contributed by atoms with van der Waals surface area (Å²) in [5, 5.41) is 0. The second-order valence-corrected chi connectivity index (χ2v) is 5.11. The van der Waals surface area contributed by atoms with Crippen molar-refractivity contribution < 1.29 is 9.59 Å². The second-order valence-electron chi connectivity index (χ2n) is 5.11. The SMILES string of the molecule is CC(=O)C[C@H]1CCCC[C@H]1CN(C)C(C)=O. The summed E-state index contributed by atoms with van der Waals surface area (Å²) in [6.45, 7) is 4.08. The van der Waals surface area contributed by atoms with Crippen molar-refractivity contribution in [3.05, 3.63) is 0 Å². The summed E-state index contributed by atoms with van der Waals surface area (Å²) in [5.74, 6) is 1.41. The summed E-state index contributed by atoms with van der Waals surface area (Å²) in [5.41, 5.74) is 0. The smallest absolute Gasteiger partial charge is 0.219 e. The fourth-order valence-corrected chi connectivity index (χ4v) is 2.64. The summed E-state index contributed by atoms with van der Waals surface area (Å²) < 4.78 is 0. The first kappa shape index (κ1) is 13.2. The molecule has 3 heteroatoms. The minimum atomic E-state index is 0.118. The number of carbonyl (C=O) groups is 2. The Morgan fingerprint density at radius 3 is 2.19 bits per heavy atom. The van der Waals surface area contributed by atoms with E-state index in [0.717, 1.165) is 19.4 Å². The molecule has 0 unspecified atom stereocenters. The number of ketones is 1. The number of hydrogen-bond donors (Lipinski definition) is 0. The number of amides is 1. The summed E-state index contributed by atoms with van der Waals surface area (Å²) >= 11 is 0. The molecule has 3 nitrogen and oxygen atoms in total. The molecule has 0 bridgehead atoms. The third-order valence-corrected chi connectivity index (χ3v) is 3.66. The maximum atomic E-state index is 11.2. The molecule has 0 saturated heterocycles. The molecular formula is C13H23NO2. The van der Waals surface area contributed by atoms with Crippen molar-refractivity contribution in [3.63, 3.8) is 0 Å². The Balaban J connectivity index is 2.52.